The smallest absolute Gasteiger partial charge is 0.282 e. The van der Waals surface area contributed by atoms with Crippen molar-refractivity contribution in [3.05, 3.63) is 22.4 Å². The molecular weight excluding hydrogens is 318 g/mol. The van der Waals surface area contributed by atoms with E-state index in [1.165, 1.54) is 4.31 Å². The molecule has 0 atom stereocenters. The molecule has 1 aromatic rings. The van der Waals surface area contributed by atoms with E-state index in [9.17, 15) is 8.42 Å². The van der Waals surface area contributed by atoms with Crippen LogP contribution in [0.15, 0.2) is 17.5 Å². The van der Waals surface area contributed by atoms with Gasteiger partial charge in [-0.15, -0.1) is 11.3 Å². The molecule has 1 aromatic heterocycles. The van der Waals surface area contributed by atoms with Crippen LogP contribution in [0.2, 0.25) is 0 Å². The van der Waals surface area contributed by atoms with E-state index in [-0.39, 0.29) is 6.04 Å². The van der Waals surface area contributed by atoms with Crippen molar-refractivity contribution in [2.75, 3.05) is 33.2 Å². The summed E-state index contributed by atoms with van der Waals surface area (Å²) in [6.45, 7) is 11.6. The predicted octanol–water partition coefficient (Wildman–Crippen LogP) is 2.48. The molecular formula is C15H29N3O2S2. The second-order valence-corrected chi connectivity index (χ2v) is 8.58. The van der Waals surface area contributed by atoms with E-state index in [1.807, 2.05) is 31.4 Å². The SMILES string of the molecule is CCN(CC)CCN(Cc1cccs1)S(=O)(=O)N(C)C(C)C. The fourth-order valence-corrected chi connectivity index (χ4v) is 4.41. The van der Waals surface area contributed by atoms with E-state index in [0.29, 0.717) is 13.1 Å². The number of hydrogen-bond donors (Lipinski definition) is 0. The van der Waals surface area contributed by atoms with E-state index in [4.69, 9.17) is 0 Å². The molecule has 0 saturated carbocycles. The summed E-state index contributed by atoms with van der Waals surface area (Å²) >= 11 is 1.60. The molecule has 128 valence electrons. The van der Waals surface area contributed by atoms with E-state index < -0.39 is 10.2 Å². The van der Waals surface area contributed by atoms with E-state index in [1.54, 1.807) is 22.7 Å². The highest BCUT2D eigenvalue weighted by atomic mass is 32.2. The van der Waals surface area contributed by atoms with Crippen LogP contribution >= 0.6 is 11.3 Å². The molecule has 0 aliphatic heterocycles. The summed E-state index contributed by atoms with van der Waals surface area (Å²) in [5.74, 6) is 0. The van der Waals surface area contributed by atoms with Gasteiger partial charge in [-0.2, -0.15) is 17.0 Å². The highest BCUT2D eigenvalue weighted by molar-refractivity contribution is 7.86. The molecule has 0 spiro atoms. The first kappa shape index (κ1) is 19.6. The Bertz CT molecular complexity index is 511. The topological polar surface area (TPSA) is 43.9 Å². The monoisotopic (exact) mass is 347 g/mol. The van der Waals surface area contributed by atoms with Crippen LogP contribution in [0.25, 0.3) is 0 Å². The van der Waals surface area contributed by atoms with Gasteiger partial charge in [-0.1, -0.05) is 19.9 Å². The summed E-state index contributed by atoms with van der Waals surface area (Å²) in [5, 5.41) is 1.98. The van der Waals surface area contributed by atoms with Crippen LogP contribution in [0.1, 0.15) is 32.6 Å². The normalized spacial score (nSPS) is 13.0. The summed E-state index contributed by atoms with van der Waals surface area (Å²) < 4.78 is 28.7. The molecule has 1 rings (SSSR count). The molecule has 7 heteroatoms. The van der Waals surface area contributed by atoms with Gasteiger partial charge in [0.15, 0.2) is 0 Å². The number of likely N-dealkylation sites (N-methyl/N-ethyl adjacent to an activating group) is 1. The second kappa shape index (κ2) is 8.98. The lowest BCUT2D eigenvalue weighted by molar-refractivity contribution is 0.258. The quantitative estimate of drug-likeness (QED) is 0.653. The zero-order valence-corrected chi connectivity index (χ0v) is 16.0. The molecule has 0 amide bonds. The number of rotatable bonds is 10. The highest BCUT2D eigenvalue weighted by Crippen LogP contribution is 2.17. The van der Waals surface area contributed by atoms with Gasteiger partial charge in [0.25, 0.3) is 10.2 Å². The van der Waals surface area contributed by atoms with Crippen LogP contribution in [0, 0.1) is 0 Å². The first-order chi connectivity index (χ1) is 10.3. The van der Waals surface area contributed by atoms with E-state index in [0.717, 1.165) is 24.5 Å². The second-order valence-electron chi connectivity index (χ2n) is 5.56. The van der Waals surface area contributed by atoms with Gasteiger partial charge in [0, 0.05) is 37.6 Å². The Balaban J connectivity index is 2.90. The number of hydrogen-bond acceptors (Lipinski definition) is 4. The molecule has 5 nitrogen and oxygen atoms in total. The third kappa shape index (κ3) is 5.31. The van der Waals surface area contributed by atoms with Crippen molar-refractivity contribution in [3.8, 4) is 0 Å². The van der Waals surface area contributed by atoms with Crippen LogP contribution in [0.5, 0.6) is 0 Å². The molecule has 0 unspecified atom stereocenters. The lowest BCUT2D eigenvalue weighted by Crippen LogP contribution is -2.46. The van der Waals surface area contributed by atoms with E-state index >= 15 is 0 Å². The predicted molar refractivity (Wildman–Crippen MR) is 94.3 cm³/mol. The third-order valence-electron chi connectivity index (χ3n) is 3.89. The first-order valence-electron chi connectivity index (χ1n) is 7.80. The highest BCUT2D eigenvalue weighted by Gasteiger charge is 2.29. The summed E-state index contributed by atoms with van der Waals surface area (Å²) in [6.07, 6.45) is 0. The van der Waals surface area contributed by atoms with Crippen LogP contribution in [0.4, 0.5) is 0 Å². The Hall–Kier alpha value is -0.470. The molecule has 0 aromatic carbocycles. The van der Waals surface area contributed by atoms with Crippen LogP contribution < -0.4 is 0 Å². The molecule has 0 aliphatic carbocycles. The molecule has 0 radical (unpaired) electrons. The lowest BCUT2D eigenvalue weighted by atomic mass is 10.4. The minimum absolute atomic E-state index is 0.0516. The average molecular weight is 348 g/mol. The summed E-state index contributed by atoms with van der Waals surface area (Å²) in [5.41, 5.74) is 0. The van der Waals surface area contributed by atoms with Crippen molar-refractivity contribution in [3.63, 3.8) is 0 Å². The fourth-order valence-electron chi connectivity index (χ4n) is 2.09. The van der Waals surface area contributed by atoms with Crippen LogP contribution in [0.3, 0.4) is 0 Å². The maximum absolute atomic E-state index is 12.8. The first-order valence-corrected chi connectivity index (χ1v) is 10.1. The minimum atomic E-state index is -3.44. The van der Waals surface area contributed by atoms with Crippen molar-refractivity contribution in [1.82, 2.24) is 13.5 Å². The lowest BCUT2D eigenvalue weighted by Gasteiger charge is -2.31. The van der Waals surface area contributed by atoms with Gasteiger partial charge in [-0.3, -0.25) is 0 Å². The molecule has 0 bridgehead atoms. The van der Waals surface area contributed by atoms with Crippen LogP contribution in [-0.2, 0) is 16.8 Å². The van der Waals surface area contributed by atoms with E-state index in [2.05, 4.69) is 18.7 Å². The standard InChI is InChI=1S/C15H29N3O2S2/c1-6-17(7-2)10-11-18(13-15-9-8-12-21-15)22(19,20)16(5)14(3)4/h8-9,12,14H,6-7,10-11,13H2,1-5H3. The molecule has 0 aliphatic rings. The average Bonchev–Trinajstić information content (AvgIpc) is 2.98. The Kier molecular flexibility index (Phi) is 7.99. The van der Waals surface area contributed by atoms with Gasteiger partial charge in [0.1, 0.15) is 0 Å². The van der Waals surface area contributed by atoms with Crippen molar-refractivity contribution >= 4 is 21.5 Å². The van der Waals surface area contributed by atoms with Gasteiger partial charge >= 0.3 is 0 Å². The largest absolute Gasteiger partial charge is 0.303 e. The number of nitrogens with zero attached hydrogens (tertiary/aromatic N) is 3. The Morgan fingerprint density at radius 3 is 2.27 bits per heavy atom. The molecule has 22 heavy (non-hydrogen) atoms. The zero-order valence-electron chi connectivity index (χ0n) is 14.3. The number of thiophene rings is 1. The zero-order chi connectivity index (χ0) is 16.8. The molecule has 0 N–H and O–H groups in total. The van der Waals surface area contributed by atoms with Gasteiger partial charge in [-0.05, 0) is 38.4 Å². The maximum Gasteiger partial charge on any atom is 0.282 e. The van der Waals surface area contributed by atoms with Crippen molar-refractivity contribution < 1.29 is 8.42 Å². The van der Waals surface area contributed by atoms with Crippen molar-refractivity contribution in [2.45, 2.75) is 40.3 Å². The van der Waals surface area contributed by atoms with Crippen molar-refractivity contribution in [1.29, 1.82) is 0 Å². The van der Waals surface area contributed by atoms with Crippen molar-refractivity contribution in [2.24, 2.45) is 0 Å². The summed E-state index contributed by atoms with van der Waals surface area (Å²) in [4.78, 5) is 3.31. The Morgan fingerprint density at radius 2 is 1.82 bits per heavy atom. The maximum atomic E-state index is 12.8. The summed E-state index contributed by atoms with van der Waals surface area (Å²) in [7, 11) is -1.79. The molecule has 1 heterocycles. The molecule has 0 saturated heterocycles. The van der Waals surface area contributed by atoms with Gasteiger partial charge in [0.2, 0.25) is 0 Å². The Morgan fingerprint density at radius 1 is 1.18 bits per heavy atom. The Labute approximate surface area is 139 Å². The third-order valence-corrected chi connectivity index (χ3v) is 6.86. The minimum Gasteiger partial charge on any atom is -0.303 e. The van der Waals surface area contributed by atoms with Crippen LogP contribution in [-0.4, -0.2) is 61.2 Å². The summed E-state index contributed by atoms with van der Waals surface area (Å²) in [6, 6.07) is 3.89. The van der Waals surface area contributed by atoms with Gasteiger partial charge in [-0.25, -0.2) is 0 Å². The fraction of sp³-hybridized carbons (Fsp3) is 0.733. The van der Waals surface area contributed by atoms with Gasteiger partial charge in [0.05, 0.1) is 0 Å². The molecule has 0 fully saturated rings. The van der Waals surface area contributed by atoms with Gasteiger partial charge < -0.3 is 4.90 Å².